The van der Waals surface area contributed by atoms with Crippen molar-refractivity contribution in [3.8, 4) is 0 Å². The number of piperidine rings is 1. The van der Waals surface area contributed by atoms with Crippen molar-refractivity contribution in [1.29, 1.82) is 0 Å². The molecule has 2 aromatic carbocycles. The molecule has 0 aliphatic carbocycles. The van der Waals surface area contributed by atoms with Crippen molar-refractivity contribution in [3.63, 3.8) is 0 Å². The first kappa shape index (κ1) is 15.5. The average molecular weight is 342 g/mol. The normalized spacial score (nSPS) is 20.3. The number of amidine groups is 1. The Balaban J connectivity index is 1.66. The molecule has 24 heavy (non-hydrogen) atoms. The van der Waals surface area contributed by atoms with Crippen LogP contribution in [0.3, 0.4) is 0 Å². The maximum absolute atomic E-state index is 6.09. The fourth-order valence-electron chi connectivity index (χ4n) is 3.48. The largest absolute Gasteiger partial charge is 0.371 e. The summed E-state index contributed by atoms with van der Waals surface area (Å²) in [4.78, 5) is 4.93. The fourth-order valence-corrected chi connectivity index (χ4v) is 3.69. The molecule has 2 heterocycles. The monoisotopic (exact) mass is 341 g/mol. The minimum absolute atomic E-state index is 0.113. The predicted octanol–water partition coefficient (Wildman–Crippen LogP) is 3.90. The van der Waals surface area contributed by atoms with Gasteiger partial charge in [-0.05, 0) is 55.8 Å². The lowest BCUT2D eigenvalue weighted by Crippen LogP contribution is -2.57. The molecule has 124 valence electrons. The second kappa shape index (κ2) is 6.46. The number of hydrogen-bond acceptors (Lipinski definition) is 3. The first-order chi connectivity index (χ1) is 11.8. The summed E-state index contributed by atoms with van der Waals surface area (Å²) in [6.45, 7) is 2.61. The lowest BCUT2D eigenvalue weighted by atomic mass is 9.85. The Bertz CT molecular complexity index is 765. The van der Waals surface area contributed by atoms with Crippen LogP contribution in [0.25, 0.3) is 0 Å². The molecular formula is C19H21ClN4. The van der Waals surface area contributed by atoms with Gasteiger partial charge in [0.1, 0.15) is 5.84 Å². The lowest BCUT2D eigenvalue weighted by Gasteiger charge is -2.44. The molecule has 5 heteroatoms. The van der Waals surface area contributed by atoms with Crippen LogP contribution in [0, 0.1) is 0 Å². The Labute approximate surface area is 147 Å². The Hall–Kier alpha value is -2.04. The number of benzene rings is 2. The van der Waals surface area contributed by atoms with Crippen molar-refractivity contribution >= 4 is 28.8 Å². The van der Waals surface area contributed by atoms with E-state index >= 15 is 0 Å². The third-order valence-corrected chi connectivity index (χ3v) is 5.01. The van der Waals surface area contributed by atoms with Crippen molar-refractivity contribution in [3.05, 3.63) is 59.1 Å². The van der Waals surface area contributed by atoms with Gasteiger partial charge in [0.2, 0.25) is 0 Å². The first-order valence-corrected chi connectivity index (χ1v) is 8.77. The van der Waals surface area contributed by atoms with Crippen molar-refractivity contribution < 1.29 is 0 Å². The molecule has 3 N–H and O–H groups in total. The van der Waals surface area contributed by atoms with Crippen LogP contribution < -0.4 is 16.0 Å². The lowest BCUT2D eigenvalue weighted by molar-refractivity contribution is 0.419. The smallest absolute Gasteiger partial charge is 0.127 e. The van der Waals surface area contributed by atoms with Crippen LogP contribution in [0.4, 0.5) is 11.4 Å². The molecule has 0 saturated carbocycles. The summed E-state index contributed by atoms with van der Waals surface area (Å²) in [6.07, 6.45) is 2.03. The summed E-state index contributed by atoms with van der Waals surface area (Å²) >= 11 is 6.09. The molecule has 0 radical (unpaired) electrons. The quantitative estimate of drug-likeness (QED) is 0.726. The third kappa shape index (κ3) is 2.99. The van der Waals surface area contributed by atoms with Gasteiger partial charge in [0, 0.05) is 5.02 Å². The van der Waals surface area contributed by atoms with E-state index in [0.717, 1.165) is 53.7 Å². The van der Waals surface area contributed by atoms with Crippen LogP contribution in [-0.4, -0.2) is 24.5 Å². The molecular weight excluding hydrogens is 321 g/mol. The van der Waals surface area contributed by atoms with E-state index in [9.17, 15) is 0 Å². The molecule has 0 bridgehead atoms. The molecule has 2 aliphatic rings. The molecule has 1 fully saturated rings. The standard InChI is InChI=1S/C19H21ClN4/c20-15-5-3-4-14(12-15)13-22-18-19(8-10-21-11-9-19)24-17-7-2-1-6-16(17)23-18/h1-7,12,21,24H,8-11,13H2,(H,22,23)/i22+1. The fraction of sp³-hybridized carbons (Fsp3) is 0.316. The number of halogens is 1. The summed E-state index contributed by atoms with van der Waals surface area (Å²) in [6, 6.07) is 16.2. The van der Waals surface area contributed by atoms with E-state index in [1.54, 1.807) is 0 Å². The maximum Gasteiger partial charge on any atom is 0.127 e. The van der Waals surface area contributed by atoms with Crippen LogP contribution in [0.1, 0.15) is 18.4 Å². The number of hydrogen-bond donors (Lipinski definition) is 3. The van der Waals surface area contributed by atoms with Crippen LogP contribution >= 0.6 is 11.6 Å². The number of rotatable bonds is 2. The number of para-hydroxylation sites is 2. The molecule has 4 rings (SSSR count). The summed E-state index contributed by atoms with van der Waals surface area (Å²) in [5.74, 6) is 1.03. The molecule has 1 saturated heterocycles. The van der Waals surface area contributed by atoms with E-state index in [0.29, 0.717) is 6.54 Å². The highest BCUT2D eigenvalue weighted by atomic mass is 35.5. The van der Waals surface area contributed by atoms with Gasteiger partial charge in [-0.3, -0.25) is 4.99 Å². The minimum Gasteiger partial charge on any atom is -0.371 e. The Morgan fingerprint density at radius 2 is 1.79 bits per heavy atom. The Kier molecular flexibility index (Phi) is 4.17. The van der Waals surface area contributed by atoms with Crippen LogP contribution in [-0.2, 0) is 6.54 Å². The van der Waals surface area contributed by atoms with Gasteiger partial charge in [-0.2, -0.15) is 0 Å². The summed E-state index contributed by atoms with van der Waals surface area (Å²) in [5, 5.41) is 11.5. The van der Waals surface area contributed by atoms with E-state index in [-0.39, 0.29) is 5.54 Å². The highest BCUT2D eigenvalue weighted by Crippen LogP contribution is 2.35. The number of nitrogens with one attached hydrogen (secondary N) is 3. The summed E-state index contributed by atoms with van der Waals surface area (Å²) in [7, 11) is 0. The SMILES string of the molecule is Clc1cccc(C[15N]=C2Nc3ccccc3NC23CCNCC3)c1. The van der Waals surface area contributed by atoms with Gasteiger partial charge in [-0.15, -0.1) is 0 Å². The molecule has 0 unspecified atom stereocenters. The van der Waals surface area contributed by atoms with E-state index in [1.807, 2.05) is 24.3 Å². The van der Waals surface area contributed by atoms with Crippen molar-refractivity contribution in [1.82, 2.24) is 5.32 Å². The number of aliphatic imine (C=N–C) groups is 1. The van der Waals surface area contributed by atoms with Crippen LogP contribution in [0.5, 0.6) is 0 Å². The zero-order valence-electron chi connectivity index (χ0n) is 13.5. The summed E-state index contributed by atoms with van der Waals surface area (Å²) in [5.41, 5.74) is 3.25. The number of nitrogens with zero attached hydrogens (tertiary/aromatic N) is 1. The summed E-state index contributed by atoms with van der Waals surface area (Å²) < 4.78 is 0. The molecule has 0 atom stereocenters. The Morgan fingerprint density at radius 1 is 1.00 bits per heavy atom. The van der Waals surface area contributed by atoms with Gasteiger partial charge in [0.15, 0.2) is 0 Å². The molecule has 0 amide bonds. The molecule has 1 spiro atoms. The van der Waals surface area contributed by atoms with Crippen molar-refractivity contribution in [2.45, 2.75) is 24.9 Å². The second-order valence-corrected chi connectivity index (χ2v) is 6.86. The van der Waals surface area contributed by atoms with Crippen LogP contribution in [0.2, 0.25) is 5.02 Å². The third-order valence-electron chi connectivity index (χ3n) is 4.77. The predicted molar refractivity (Wildman–Crippen MR) is 101 cm³/mol. The molecule has 2 aromatic rings. The number of anilines is 2. The molecule has 2 aliphatic heterocycles. The highest BCUT2D eigenvalue weighted by Gasteiger charge is 2.40. The van der Waals surface area contributed by atoms with Gasteiger partial charge in [-0.1, -0.05) is 35.9 Å². The molecule has 4 nitrogen and oxygen atoms in total. The topological polar surface area (TPSA) is 48.5 Å². The van der Waals surface area contributed by atoms with E-state index in [2.05, 4.69) is 40.2 Å². The Morgan fingerprint density at radius 3 is 2.58 bits per heavy atom. The van der Waals surface area contributed by atoms with Gasteiger partial charge in [-0.25, -0.2) is 0 Å². The minimum atomic E-state index is -0.113. The van der Waals surface area contributed by atoms with Crippen molar-refractivity contribution in [2.24, 2.45) is 4.99 Å². The zero-order valence-corrected chi connectivity index (χ0v) is 14.2. The maximum atomic E-state index is 6.09. The second-order valence-electron chi connectivity index (χ2n) is 6.42. The molecule has 0 aromatic heterocycles. The van der Waals surface area contributed by atoms with Gasteiger partial charge >= 0.3 is 0 Å². The average Bonchev–Trinajstić information content (AvgIpc) is 2.61. The van der Waals surface area contributed by atoms with Gasteiger partial charge in [0.25, 0.3) is 0 Å². The first-order valence-electron chi connectivity index (χ1n) is 8.40. The van der Waals surface area contributed by atoms with E-state index in [4.69, 9.17) is 16.6 Å². The van der Waals surface area contributed by atoms with Gasteiger partial charge < -0.3 is 16.0 Å². The van der Waals surface area contributed by atoms with Crippen molar-refractivity contribution in [2.75, 3.05) is 23.7 Å². The van der Waals surface area contributed by atoms with E-state index in [1.165, 1.54) is 0 Å². The van der Waals surface area contributed by atoms with Crippen LogP contribution in [0.15, 0.2) is 53.5 Å². The number of fused-ring (bicyclic) bond motifs is 1. The van der Waals surface area contributed by atoms with E-state index < -0.39 is 0 Å². The van der Waals surface area contributed by atoms with Gasteiger partial charge in [0.05, 0.1) is 23.5 Å². The zero-order chi connectivity index (χ0) is 16.4. The highest BCUT2D eigenvalue weighted by molar-refractivity contribution is 6.30.